The van der Waals surface area contributed by atoms with Crippen LogP contribution in [0.5, 0.6) is 0 Å². The maximum atomic E-state index is 13.0. The van der Waals surface area contributed by atoms with Crippen molar-refractivity contribution in [3.8, 4) is 0 Å². The van der Waals surface area contributed by atoms with Crippen LogP contribution in [0.25, 0.3) is 6.08 Å². The van der Waals surface area contributed by atoms with Gasteiger partial charge in [0.1, 0.15) is 0 Å². The third-order valence-corrected chi connectivity index (χ3v) is 6.42. The molecule has 2 aliphatic rings. The van der Waals surface area contributed by atoms with Crippen molar-refractivity contribution < 1.29 is 9.59 Å². The Bertz CT molecular complexity index is 915. The van der Waals surface area contributed by atoms with E-state index >= 15 is 0 Å². The van der Waals surface area contributed by atoms with Gasteiger partial charge in [-0.25, -0.2) is 0 Å². The quantitative estimate of drug-likeness (QED) is 0.651. The Hall–Kier alpha value is -2.40. The van der Waals surface area contributed by atoms with Gasteiger partial charge >= 0.3 is 0 Å². The van der Waals surface area contributed by atoms with Crippen LogP contribution < -0.4 is 0 Å². The summed E-state index contributed by atoms with van der Waals surface area (Å²) >= 11 is 3.41. The maximum absolute atomic E-state index is 13.0. The molecule has 0 spiro atoms. The third-order valence-electron chi connectivity index (χ3n) is 5.89. The van der Waals surface area contributed by atoms with Crippen molar-refractivity contribution in [1.82, 2.24) is 9.80 Å². The van der Waals surface area contributed by atoms with E-state index in [0.717, 1.165) is 35.8 Å². The van der Waals surface area contributed by atoms with Crippen molar-refractivity contribution in [2.45, 2.75) is 25.8 Å². The maximum Gasteiger partial charge on any atom is 0.246 e. The first-order valence-electron chi connectivity index (χ1n) is 10.2. The Morgan fingerprint density at radius 2 is 1.59 bits per heavy atom. The molecule has 0 radical (unpaired) electrons. The van der Waals surface area contributed by atoms with E-state index in [0.29, 0.717) is 19.6 Å². The standard InChI is InChI=1S/C24H25BrN2O2/c25-22-8-5-18(6-9-22)7-10-23(28)26-14-12-20(13-15-26)24(29)27-16-11-19-3-1-2-4-21(19)17-27/h1-10,20H,11-17H2/b10-7+. The van der Waals surface area contributed by atoms with Gasteiger partial charge in [0, 0.05) is 42.6 Å². The highest BCUT2D eigenvalue weighted by Gasteiger charge is 2.31. The molecule has 0 atom stereocenters. The van der Waals surface area contributed by atoms with Crippen LogP contribution in [0.2, 0.25) is 0 Å². The van der Waals surface area contributed by atoms with Gasteiger partial charge in [0.25, 0.3) is 0 Å². The van der Waals surface area contributed by atoms with Crippen LogP contribution in [0, 0.1) is 5.92 Å². The summed E-state index contributed by atoms with van der Waals surface area (Å²) < 4.78 is 1.02. The normalized spacial score (nSPS) is 17.4. The summed E-state index contributed by atoms with van der Waals surface area (Å²) in [6.07, 6.45) is 5.90. The zero-order chi connectivity index (χ0) is 20.2. The van der Waals surface area contributed by atoms with E-state index in [9.17, 15) is 9.59 Å². The van der Waals surface area contributed by atoms with E-state index in [1.54, 1.807) is 6.08 Å². The smallest absolute Gasteiger partial charge is 0.246 e. The second-order valence-electron chi connectivity index (χ2n) is 7.76. The van der Waals surface area contributed by atoms with E-state index in [1.807, 2.05) is 46.2 Å². The number of amides is 2. The number of likely N-dealkylation sites (tertiary alicyclic amines) is 1. The number of carbonyl (C=O) groups excluding carboxylic acids is 2. The van der Waals surface area contributed by atoms with Gasteiger partial charge in [-0.15, -0.1) is 0 Å². The molecule has 0 aliphatic carbocycles. The first-order valence-corrected chi connectivity index (χ1v) is 11.0. The SMILES string of the molecule is O=C(/C=C/c1ccc(Br)cc1)N1CCC(C(=O)N2CCc3ccccc3C2)CC1. The monoisotopic (exact) mass is 452 g/mol. The van der Waals surface area contributed by atoms with Crippen molar-refractivity contribution in [2.24, 2.45) is 5.92 Å². The molecule has 150 valence electrons. The fraction of sp³-hybridized carbons (Fsp3) is 0.333. The van der Waals surface area contributed by atoms with Crippen molar-refractivity contribution in [3.63, 3.8) is 0 Å². The molecule has 2 amide bonds. The molecule has 4 nitrogen and oxygen atoms in total. The van der Waals surface area contributed by atoms with Crippen molar-refractivity contribution in [3.05, 3.63) is 75.8 Å². The van der Waals surface area contributed by atoms with Crippen LogP contribution in [0.3, 0.4) is 0 Å². The lowest BCUT2D eigenvalue weighted by molar-refractivity contribution is -0.140. The molecule has 1 fully saturated rings. The summed E-state index contributed by atoms with van der Waals surface area (Å²) in [4.78, 5) is 29.3. The molecule has 2 aromatic rings. The Morgan fingerprint density at radius 3 is 2.31 bits per heavy atom. The zero-order valence-corrected chi connectivity index (χ0v) is 18.0. The summed E-state index contributed by atoms with van der Waals surface area (Å²) in [7, 11) is 0. The van der Waals surface area contributed by atoms with Gasteiger partial charge < -0.3 is 9.80 Å². The van der Waals surface area contributed by atoms with Gasteiger partial charge in [-0.1, -0.05) is 52.3 Å². The predicted octanol–water partition coefficient (Wildman–Crippen LogP) is 4.29. The Morgan fingerprint density at radius 1 is 0.897 bits per heavy atom. The molecule has 2 heterocycles. The molecule has 0 unspecified atom stereocenters. The molecule has 2 aliphatic heterocycles. The highest BCUT2D eigenvalue weighted by atomic mass is 79.9. The molecule has 29 heavy (non-hydrogen) atoms. The lowest BCUT2D eigenvalue weighted by Crippen LogP contribution is -2.45. The molecule has 0 N–H and O–H groups in total. The highest BCUT2D eigenvalue weighted by Crippen LogP contribution is 2.25. The number of benzene rings is 2. The molecule has 4 rings (SSSR count). The highest BCUT2D eigenvalue weighted by molar-refractivity contribution is 9.10. The topological polar surface area (TPSA) is 40.6 Å². The fourth-order valence-corrected chi connectivity index (χ4v) is 4.40. The Balaban J connectivity index is 1.29. The minimum absolute atomic E-state index is 0.0192. The lowest BCUT2D eigenvalue weighted by Gasteiger charge is -2.35. The number of halogens is 1. The van der Waals surface area contributed by atoms with Crippen LogP contribution >= 0.6 is 15.9 Å². The molecule has 0 bridgehead atoms. The predicted molar refractivity (Wildman–Crippen MR) is 118 cm³/mol. The van der Waals surface area contributed by atoms with E-state index in [1.165, 1.54) is 11.1 Å². The minimum Gasteiger partial charge on any atom is -0.339 e. The third kappa shape index (κ3) is 4.78. The van der Waals surface area contributed by atoms with Crippen molar-refractivity contribution >= 4 is 33.8 Å². The summed E-state index contributed by atoms with van der Waals surface area (Å²) in [5, 5.41) is 0. The number of rotatable bonds is 3. The molecule has 0 aromatic heterocycles. The van der Waals surface area contributed by atoms with Gasteiger partial charge in [-0.05, 0) is 54.2 Å². The van der Waals surface area contributed by atoms with Gasteiger partial charge in [-0.3, -0.25) is 9.59 Å². The number of hydrogen-bond donors (Lipinski definition) is 0. The number of piperidine rings is 1. The van der Waals surface area contributed by atoms with Gasteiger partial charge in [0.2, 0.25) is 11.8 Å². The summed E-state index contributed by atoms with van der Waals surface area (Å²) in [5.41, 5.74) is 3.62. The van der Waals surface area contributed by atoms with Gasteiger partial charge in [0.05, 0.1) is 0 Å². The molecule has 2 aromatic carbocycles. The zero-order valence-electron chi connectivity index (χ0n) is 16.4. The molecular weight excluding hydrogens is 428 g/mol. The van der Waals surface area contributed by atoms with Crippen LogP contribution in [0.15, 0.2) is 59.1 Å². The fourth-order valence-electron chi connectivity index (χ4n) is 4.14. The van der Waals surface area contributed by atoms with Crippen LogP contribution in [0.1, 0.15) is 29.5 Å². The molecule has 0 saturated carbocycles. The first-order chi connectivity index (χ1) is 14.1. The van der Waals surface area contributed by atoms with Gasteiger partial charge in [0.15, 0.2) is 0 Å². The van der Waals surface area contributed by atoms with Crippen LogP contribution in [0.4, 0.5) is 0 Å². The summed E-state index contributed by atoms with van der Waals surface area (Å²) in [6.45, 7) is 2.80. The summed E-state index contributed by atoms with van der Waals surface area (Å²) in [6, 6.07) is 16.2. The van der Waals surface area contributed by atoms with Crippen molar-refractivity contribution in [1.29, 1.82) is 0 Å². The second-order valence-corrected chi connectivity index (χ2v) is 8.68. The lowest BCUT2D eigenvalue weighted by atomic mass is 9.93. The minimum atomic E-state index is 0.0192. The van der Waals surface area contributed by atoms with Gasteiger partial charge in [-0.2, -0.15) is 0 Å². The Kier molecular flexibility index (Phi) is 6.14. The number of nitrogens with zero attached hydrogens (tertiary/aromatic N) is 2. The first kappa shape index (κ1) is 19.9. The second kappa shape index (κ2) is 8.95. The average molecular weight is 453 g/mol. The van der Waals surface area contributed by atoms with E-state index in [4.69, 9.17) is 0 Å². The number of fused-ring (bicyclic) bond motifs is 1. The van der Waals surface area contributed by atoms with Crippen LogP contribution in [-0.2, 0) is 22.6 Å². The number of carbonyl (C=O) groups is 2. The summed E-state index contributed by atoms with van der Waals surface area (Å²) in [5.74, 6) is 0.294. The van der Waals surface area contributed by atoms with Crippen molar-refractivity contribution in [2.75, 3.05) is 19.6 Å². The van der Waals surface area contributed by atoms with Crippen LogP contribution in [-0.4, -0.2) is 41.2 Å². The number of hydrogen-bond acceptors (Lipinski definition) is 2. The average Bonchev–Trinajstić information content (AvgIpc) is 2.78. The van der Waals surface area contributed by atoms with E-state index < -0.39 is 0 Å². The molecular formula is C24H25BrN2O2. The molecule has 5 heteroatoms. The van der Waals surface area contributed by atoms with E-state index in [-0.39, 0.29) is 17.7 Å². The Labute approximate surface area is 180 Å². The molecule has 1 saturated heterocycles. The van der Waals surface area contributed by atoms with E-state index in [2.05, 4.69) is 34.1 Å². The largest absolute Gasteiger partial charge is 0.339 e.